The van der Waals surface area contributed by atoms with Crippen molar-refractivity contribution in [1.29, 1.82) is 0 Å². The lowest BCUT2D eigenvalue weighted by atomic mass is 9.87. The van der Waals surface area contributed by atoms with Crippen molar-refractivity contribution < 1.29 is 25.2 Å². The van der Waals surface area contributed by atoms with E-state index in [1.54, 1.807) is 18.7 Å². The van der Waals surface area contributed by atoms with E-state index in [0.717, 1.165) is 4.90 Å². The Hall–Kier alpha value is -3.19. The summed E-state index contributed by atoms with van der Waals surface area (Å²) in [5, 5.41) is 2.62. The quantitative estimate of drug-likeness (QED) is 0.106. The van der Waals surface area contributed by atoms with Gasteiger partial charge in [-0.3, -0.25) is 0 Å². The minimum absolute atomic E-state index is 0. The van der Waals surface area contributed by atoms with Gasteiger partial charge in [0.2, 0.25) is 0 Å². The lowest BCUT2D eigenvalue weighted by Crippen LogP contribution is -2.35. The number of ether oxygens (including phenoxy) is 3. The van der Waals surface area contributed by atoms with E-state index >= 15 is 0 Å². The number of allylic oxidation sites excluding steroid dienone is 2. The molecular formula is C33H49NO5S. The van der Waals surface area contributed by atoms with Crippen molar-refractivity contribution in [2.24, 2.45) is 11.8 Å². The summed E-state index contributed by atoms with van der Waals surface area (Å²) in [6, 6.07) is 18.0. The summed E-state index contributed by atoms with van der Waals surface area (Å²) in [5.41, 5.74) is 4.25. The van der Waals surface area contributed by atoms with Crippen LogP contribution in [0.5, 0.6) is 5.75 Å². The highest BCUT2D eigenvalue weighted by molar-refractivity contribution is 7.99. The molecule has 0 aromatic heterocycles. The molecule has 1 unspecified atom stereocenters. The molecule has 1 amide bonds. The fraction of sp³-hybridized carbons (Fsp3) is 0.455. The second-order valence-electron chi connectivity index (χ2n) is 9.74. The average Bonchev–Trinajstić information content (AvgIpc) is 2.94. The van der Waals surface area contributed by atoms with Gasteiger partial charge < -0.3 is 19.5 Å². The van der Waals surface area contributed by atoms with Crippen LogP contribution in [0, 0.1) is 11.8 Å². The van der Waals surface area contributed by atoms with Gasteiger partial charge in [-0.05, 0) is 61.1 Å². The molecule has 222 valence electrons. The Labute approximate surface area is 247 Å². The molecule has 0 saturated heterocycles. The van der Waals surface area contributed by atoms with Crippen molar-refractivity contribution in [3.63, 3.8) is 0 Å². The summed E-state index contributed by atoms with van der Waals surface area (Å²) in [6.45, 7) is 20.5. The first-order chi connectivity index (χ1) is 19.1. The van der Waals surface area contributed by atoms with E-state index in [9.17, 15) is 9.59 Å². The van der Waals surface area contributed by atoms with Gasteiger partial charge in [0.15, 0.2) is 0 Å². The van der Waals surface area contributed by atoms with Crippen molar-refractivity contribution in [3.8, 4) is 5.75 Å². The zero-order valence-corrected chi connectivity index (χ0v) is 26.2. The van der Waals surface area contributed by atoms with Crippen LogP contribution in [0.25, 0.3) is 5.57 Å². The Morgan fingerprint density at radius 3 is 2.12 bits per heavy atom. The number of nitrogens with one attached hydrogen (secondary N) is 1. The maximum absolute atomic E-state index is 12.4. The Kier molecular flexibility index (Phi) is 16.5. The number of hydrogen-bond acceptors (Lipinski definition) is 6. The highest BCUT2D eigenvalue weighted by Gasteiger charge is 2.17. The van der Waals surface area contributed by atoms with Gasteiger partial charge in [-0.1, -0.05) is 84.0 Å². The van der Waals surface area contributed by atoms with Gasteiger partial charge in [-0.15, -0.1) is 11.8 Å². The van der Waals surface area contributed by atoms with E-state index in [-0.39, 0.29) is 21.2 Å². The number of thioether (sulfide) groups is 1. The molecule has 0 spiro atoms. The molecule has 0 radical (unpaired) electrons. The number of carbonyl (C=O) groups is 2. The zero-order valence-electron chi connectivity index (χ0n) is 25.4. The topological polar surface area (TPSA) is 73.9 Å². The van der Waals surface area contributed by atoms with Gasteiger partial charge in [-0.25, -0.2) is 9.59 Å². The van der Waals surface area contributed by atoms with Gasteiger partial charge in [0.05, 0.1) is 6.54 Å². The van der Waals surface area contributed by atoms with Gasteiger partial charge in [0, 0.05) is 17.6 Å². The molecular weight excluding hydrogens is 522 g/mol. The summed E-state index contributed by atoms with van der Waals surface area (Å²) in [4.78, 5) is 24.9. The molecule has 1 N–H and O–H groups in total. The highest BCUT2D eigenvalue weighted by atomic mass is 32.2. The molecule has 7 heteroatoms. The van der Waals surface area contributed by atoms with Crippen LogP contribution in [0.2, 0.25) is 0 Å². The first-order valence-corrected chi connectivity index (χ1v) is 15.0. The van der Waals surface area contributed by atoms with E-state index in [2.05, 4.69) is 58.6 Å². The van der Waals surface area contributed by atoms with Crippen LogP contribution in [0.3, 0.4) is 0 Å². The van der Waals surface area contributed by atoms with E-state index in [1.165, 1.54) is 16.7 Å². The molecule has 0 heterocycles. The van der Waals surface area contributed by atoms with E-state index in [4.69, 9.17) is 14.2 Å². The van der Waals surface area contributed by atoms with Crippen LogP contribution in [0.4, 0.5) is 4.79 Å². The van der Waals surface area contributed by atoms with Gasteiger partial charge in [0.1, 0.15) is 25.1 Å². The molecule has 0 fully saturated rings. The fourth-order valence-corrected chi connectivity index (χ4v) is 4.57. The summed E-state index contributed by atoms with van der Waals surface area (Å²) < 4.78 is 16.7. The summed E-state index contributed by atoms with van der Waals surface area (Å²) >= 11 is 1.59. The van der Waals surface area contributed by atoms with Crippen molar-refractivity contribution in [3.05, 3.63) is 77.9 Å². The number of rotatable bonds is 14. The monoisotopic (exact) mass is 571 g/mol. The maximum atomic E-state index is 12.4. The van der Waals surface area contributed by atoms with Crippen LogP contribution in [-0.2, 0) is 14.3 Å². The van der Waals surface area contributed by atoms with Gasteiger partial charge in [0.25, 0.3) is 0 Å². The summed E-state index contributed by atoms with van der Waals surface area (Å²) in [7, 11) is 0. The SMILES string of the molecule is C=C(C)C(=O)OCCNC(=O)OC(COc1ccc(/C(=C(\C)C(C)C)C(C)C)cc1)CSc1ccccc1.CC.[HH]. The third-order valence-electron chi connectivity index (χ3n) is 5.88. The average molecular weight is 572 g/mol. The zero-order chi connectivity index (χ0) is 30.1. The molecule has 0 aliphatic carbocycles. The molecule has 2 aromatic carbocycles. The Bertz CT molecular complexity index is 1080. The highest BCUT2D eigenvalue weighted by Crippen LogP contribution is 2.31. The lowest BCUT2D eigenvalue weighted by molar-refractivity contribution is -0.138. The maximum Gasteiger partial charge on any atom is 0.407 e. The van der Waals surface area contributed by atoms with Gasteiger partial charge >= 0.3 is 12.1 Å². The lowest BCUT2D eigenvalue weighted by Gasteiger charge is -2.20. The van der Waals surface area contributed by atoms with E-state index in [1.807, 2.05) is 56.3 Å². The normalized spacial score (nSPS) is 12.1. The van der Waals surface area contributed by atoms with Crippen molar-refractivity contribution >= 4 is 29.4 Å². The molecule has 2 rings (SSSR count). The third-order valence-corrected chi connectivity index (χ3v) is 7.02. The summed E-state index contributed by atoms with van der Waals surface area (Å²) in [6.07, 6.45) is -1.09. The van der Waals surface area contributed by atoms with Crippen LogP contribution < -0.4 is 10.1 Å². The minimum atomic E-state index is -0.593. The van der Waals surface area contributed by atoms with Crippen LogP contribution in [0.15, 0.2) is 77.2 Å². The Morgan fingerprint density at radius 2 is 1.57 bits per heavy atom. The predicted molar refractivity (Wildman–Crippen MR) is 169 cm³/mol. The number of hydrogen-bond donors (Lipinski definition) is 1. The predicted octanol–water partition coefficient (Wildman–Crippen LogP) is 8.43. The van der Waals surface area contributed by atoms with Crippen molar-refractivity contribution in [2.45, 2.75) is 66.4 Å². The number of esters is 1. The molecule has 40 heavy (non-hydrogen) atoms. The molecule has 0 saturated carbocycles. The standard InChI is InChI=1S/C31H41NO5S.C2H6.H2/c1-21(2)24(7)29(22(3)4)25-13-15-26(16-14-25)36-19-27(20-38-28-11-9-8-10-12-28)37-31(34)32-17-18-35-30(33)23(5)6;1-2;/h8-16,21-22,27H,5,17-20H2,1-4,6-7H3,(H,32,34);1-2H3;1H/b29-24+;;. The van der Waals surface area contributed by atoms with Crippen molar-refractivity contribution in [2.75, 3.05) is 25.5 Å². The van der Waals surface area contributed by atoms with Crippen LogP contribution >= 0.6 is 11.8 Å². The second-order valence-corrected chi connectivity index (χ2v) is 10.8. The smallest absolute Gasteiger partial charge is 0.407 e. The molecule has 0 aliphatic heterocycles. The summed E-state index contributed by atoms with van der Waals surface area (Å²) in [5.74, 6) is 1.64. The Balaban J connectivity index is 0.00000521. The molecule has 6 nitrogen and oxygen atoms in total. The van der Waals surface area contributed by atoms with Crippen LogP contribution in [-0.4, -0.2) is 43.7 Å². The minimum Gasteiger partial charge on any atom is -0.490 e. The third kappa shape index (κ3) is 12.8. The molecule has 0 aliphatic rings. The van der Waals surface area contributed by atoms with Crippen molar-refractivity contribution in [1.82, 2.24) is 5.32 Å². The first-order valence-electron chi connectivity index (χ1n) is 14.0. The van der Waals surface area contributed by atoms with Crippen LogP contribution in [0.1, 0.15) is 62.4 Å². The second kappa shape index (κ2) is 19.0. The van der Waals surface area contributed by atoms with Gasteiger partial charge in [-0.2, -0.15) is 0 Å². The number of benzene rings is 2. The largest absolute Gasteiger partial charge is 0.490 e. The fourth-order valence-electron chi connectivity index (χ4n) is 3.68. The number of carbonyl (C=O) groups excluding carboxylic acids is 2. The van der Waals surface area contributed by atoms with E-state index in [0.29, 0.717) is 28.9 Å². The van der Waals surface area contributed by atoms with E-state index < -0.39 is 18.2 Å². The number of alkyl carbamates (subject to hydrolysis) is 1. The first kappa shape index (κ1) is 34.8. The molecule has 0 bridgehead atoms. The molecule has 1 atom stereocenters. The molecule has 2 aromatic rings. The number of amides is 1. The Morgan fingerprint density at radius 1 is 0.950 bits per heavy atom.